The minimum absolute atomic E-state index is 0.104. The van der Waals surface area contributed by atoms with E-state index in [2.05, 4.69) is 0 Å². The van der Waals surface area contributed by atoms with E-state index in [1.165, 1.54) is 0 Å². The van der Waals surface area contributed by atoms with Crippen LogP contribution >= 0.6 is 0 Å². The lowest BCUT2D eigenvalue weighted by molar-refractivity contribution is -0.144. The average Bonchev–Trinajstić information content (AvgIpc) is 2.29. The smallest absolute Gasteiger partial charge is 0.323 e. The number of para-hydroxylation sites is 1. The maximum Gasteiger partial charge on any atom is 0.323 e. The fourth-order valence-electron chi connectivity index (χ4n) is 1.39. The summed E-state index contributed by atoms with van der Waals surface area (Å²) < 4.78 is 4.72. The van der Waals surface area contributed by atoms with E-state index in [1.54, 1.807) is 31.2 Å². The molecule has 0 fully saturated rings. The average molecular weight is 236 g/mol. The van der Waals surface area contributed by atoms with Gasteiger partial charge in [-0.25, -0.2) is 0 Å². The van der Waals surface area contributed by atoms with Gasteiger partial charge in [-0.15, -0.1) is 0 Å². The maximum absolute atomic E-state index is 11.8. The minimum atomic E-state index is -0.943. The number of rotatable bonds is 5. The molecule has 1 aromatic carbocycles. The maximum atomic E-state index is 11.8. The zero-order chi connectivity index (χ0) is 12.8. The molecule has 0 spiro atoms. The highest BCUT2D eigenvalue weighted by Crippen LogP contribution is 2.13. The highest BCUT2D eigenvalue weighted by molar-refractivity contribution is 6.02. The molecule has 0 aliphatic carbocycles. The van der Waals surface area contributed by atoms with Gasteiger partial charge in [-0.3, -0.25) is 9.59 Å². The summed E-state index contributed by atoms with van der Waals surface area (Å²) in [5, 5.41) is 0. The molecule has 0 unspecified atom stereocenters. The van der Waals surface area contributed by atoms with E-state index >= 15 is 0 Å². The normalized spacial score (nSPS) is 11.9. The van der Waals surface area contributed by atoms with Crippen LogP contribution < -0.4 is 11.5 Å². The predicted octanol–water partition coefficient (Wildman–Crippen LogP) is 0.732. The number of benzene rings is 1. The Balaban J connectivity index is 2.67. The SMILES string of the molecule is CCOC(=O)[C@@H](N)CC(=O)c1ccccc1N. The molecule has 0 aliphatic heterocycles. The number of hydrogen-bond donors (Lipinski definition) is 2. The van der Waals surface area contributed by atoms with Crippen molar-refractivity contribution in [3.63, 3.8) is 0 Å². The zero-order valence-electron chi connectivity index (χ0n) is 9.68. The van der Waals surface area contributed by atoms with E-state index in [-0.39, 0.29) is 18.8 Å². The molecule has 17 heavy (non-hydrogen) atoms. The predicted molar refractivity (Wildman–Crippen MR) is 64.4 cm³/mol. The molecule has 92 valence electrons. The number of ether oxygens (including phenoxy) is 1. The van der Waals surface area contributed by atoms with Crippen LogP contribution in [-0.4, -0.2) is 24.4 Å². The fraction of sp³-hybridized carbons (Fsp3) is 0.333. The van der Waals surface area contributed by atoms with Crippen LogP contribution in [0.1, 0.15) is 23.7 Å². The van der Waals surface area contributed by atoms with E-state index in [1.807, 2.05) is 0 Å². The quantitative estimate of drug-likeness (QED) is 0.446. The zero-order valence-corrected chi connectivity index (χ0v) is 9.68. The van der Waals surface area contributed by atoms with Gasteiger partial charge in [0.05, 0.1) is 6.61 Å². The monoisotopic (exact) mass is 236 g/mol. The molecule has 4 N–H and O–H groups in total. The van der Waals surface area contributed by atoms with Crippen molar-refractivity contribution in [3.05, 3.63) is 29.8 Å². The van der Waals surface area contributed by atoms with Crippen molar-refractivity contribution in [3.8, 4) is 0 Å². The molecule has 0 radical (unpaired) electrons. The number of nitrogens with two attached hydrogens (primary N) is 2. The van der Waals surface area contributed by atoms with Crippen LogP contribution in [0, 0.1) is 0 Å². The number of anilines is 1. The molecular weight excluding hydrogens is 220 g/mol. The second kappa shape index (κ2) is 6.00. The van der Waals surface area contributed by atoms with Crippen molar-refractivity contribution in [1.82, 2.24) is 0 Å². The third-order valence-corrected chi connectivity index (χ3v) is 2.26. The summed E-state index contributed by atoms with van der Waals surface area (Å²) in [4.78, 5) is 23.1. The Morgan fingerprint density at radius 3 is 2.59 bits per heavy atom. The van der Waals surface area contributed by atoms with Gasteiger partial charge in [0.15, 0.2) is 5.78 Å². The van der Waals surface area contributed by atoms with E-state index in [4.69, 9.17) is 16.2 Å². The van der Waals surface area contributed by atoms with Crippen molar-refractivity contribution in [2.75, 3.05) is 12.3 Å². The Morgan fingerprint density at radius 1 is 1.35 bits per heavy atom. The molecule has 0 saturated heterocycles. The number of carbonyl (C=O) groups is 2. The van der Waals surface area contributed by atoms with Crippen LogP contribution in [0.2, 0.25) is 0 Å². The summed E-state index contributed by atoms with van der Waals surface area (Å²) in [5.74, 6) is -0.834. The van der Waals surface area contributed by atoms with E-state index in [0.29, 0.717) is 11.3 Å². The van der Waals surface area contributed by atoms with Crippen LogP contribution in [0.25, 0.3) is 0 Å². The minimum Gasteiger partial charge on any atom is -0.465 e. The first-order chi connectivity index (χ1) is 8.06. The van der Waals surface area contributed by atoms with E-state index in [9.17, 15) is 9.59 Å². The second-order valence-electron chi connectivity index (χ2n) is 3.57. The van der Waals surface area contributed by atoms with Gasteiger partial charge in [0.2, 0.25) is 0 Å². The standard InChI is InChI=1S/C12H16N2O3/c1-2-17-12(16)10(14)7-11(15)8-5-3-4-6-9(8)13/h3-6,10H,2,7,13-14H2,1H3/t10-/m0/s1. The lowest BCUT2D eigenvalue weighted by Gasteiger charge is -2.10. The molecule has 0 heterocycles. The molecule has 1 atom stereocenters. The van der Waals surface area contributed by atoms with Crippen LogP contribution in [0.4, 0.5) is 5.69 Å². The Morgan fingerprint density at radius 2 is 2.00 bits per heavy atom. The second-order valence-corrected chi connectivity index (χ2v) is 3.57. The van der Waals surface area contributed by atoms with Crippen LogP contribution in [0.15, 0.2) is 24.3 Å². The first-order valence-electron chi connectivity index (χ1n) is 5.36. The van der Waals surface area contributed by atoms with Crippen molar-refractivity contribution >= 4 is 17.4 Å². The Hall–Kier alpha value is -1.88. The van der Waals surface area contributed by atoms with Gasteiger partial charge in [-0.1, -0.05) is 12.1 Å². The number of hydrogen-bond acceptors (Lipinski definition) is 5. The number of carbonyl (C=O) groups excluding carboxylic acids is 2. The number of nitrogen functional groups attached to an aromatic ring is 1. The highest BCUT2D eigenvalue weighted by atomic mass is 16.5. The number of ketones is 1. The van der Waals surface area contributed by atoms with E-state index < -0.39 is 12.0 Å². The molecule has 5 nitrogen and oxygen atoms in total. The van der Waals surface area contributed by atoms with Gasteiger partial charge in [0.1, 0.15) is 6.04 Å². The molecule has 0 amide bonds. The fourth-order valence-corrected chi connectivity index (χ4v) is 1.39. The summed E-state index contributed by atoms with van der Waals surface area (Å²) in [6.07, 6.45) is -0.104. The summed E-state index contributed by atoms with van der Waals surface area (Å²) in [5.41, 5.74) is 12.0. The van der Waals surface area contributed by atoms with Gasteiger partial charge < -0.3 is 16.2 Å². The summed E-state index contributed by atoms with van der Waals surface area (Å²) in [7, 11) is 0. The molecule has 1 aromatic rings. The Labute approximate surface area is 99.7 Å². The van der Waals surface area contributed by atoms with Crippen molar-refractivity contribution in [2.24, 2.45) is 5.73 Å². The van der Waals surface area contributed by atoms with E-state index in [0.717, 1.165) is 0 Å². The van der Waals surface area contributed by atoms with Crippen LogP contribution in [0.3, 0.4) is 0 Å². The van der Waals surface area contributed by atoms with Crippen molar-refractivity contribution < 1.29 is 14.3 Å². The lowest BCUT2D eigenvalue weighted by atomic mass is 10.0. The molecular formula is C12H16N2O3. The topological polar surface area (TPSA) is 95.4 Å². The van der Waals surface area contributed by atoms with Crippen molar-refractivity contribution in [2.45, 2.75) is 19.4 Å². The summed E-state index contributed by atoms with van der Waals surface area (Å²) in [6.45, 7) is 1.93. The molecule has 0 bridgehead atoms. The van der Waals surface area contributed by atoms with Gasteiger partial charge in [-0.2, -0.15) is 0 Å². The number of esters is 1. The van der Waals surface area contributed by atoms with Crippen molar-refractivity contribution in [1.29, 1.82) is 0 Å². The molecule has 0 aliphatic rings. The highest BCUT2D eigenvalue weighted by Gasteiger charge is 2.20. The lowest BCUT2D eigenvalue weighted by Crippen LogP contribution is -2.34. The molecule has 0 saturated carbocycles. The number of Topliss-reactive ketones (excluding diaryl/α,β-unsaturated/α-hetero) is 1. The first kappa shape index (κ1) is 13.2. The van der Waals surface area contributed by atoms with Crippen LogP contribution in [0.5, 0.6) is 0 Å². The molecule has 1 rings (SSSR count). The third kappa shape index (κ3) is 3.57. The molecule has 5 heteroatoms. The van der Waals surface area contributed by atoms with Crippen LogP contribution in [-0.2, 0) is 9.53 Å². The Kier molecular flexibility index (Phi) is 4.66. The van der Waals surface area contributed by atoms with Gasteiger partial charge >= 0.3 is 5.97 Å². The van der Waals surface area contributed by atoms with Gasteiger partial charge in [0.25, 0.3) is 0 Å². The van der Waals surface area contributed by atoms with Gasteiger partial charge in [-0.05, 0) is 19.1 Å². The van der Waals surface area contributed by atoms with Gasteiger partial charge in [0, 0.05) is 17.7 Å². The Bertz CT molecular complexity index is 418. The summed E-state index contributed by atoms with van der Waals surface area (Å²) >= 11 is 0. The summed E-state index contributed by atoms with van der Waals surface area (Å²) in [6, 6.07) is 5.73. The third-order valence-electron chi connectivity index (χ3n) is 2.26. The largest absolute Gasteiger partial charge is 0.465 e. The molecule has 0 aromatic heterocycles. The first-order valence-corrected chi connectivity index (χ1v) is 5.36.